The van der Waals surface area contributed by atoms with Crippen LogP contribution in [0.2, 0.25) is 0 Å². The Hall–Kier alpha value is -1.46. The zero-order valence-electron chi connectivity index (χ0n) is 10.3. The molecular formula is C14H14FN3S. The molecule has 1 heterocycles. The first-order valence-corrected chi connectivity index (χ1v) is 7.09. The highest BCUT2D eigenvalue weighted by Crippen LogP contribution is 2.31. The second kappa shape index (κ2) is 5.67. The van der Waals surface area contributed by atoms with Crippen molar-refractivity contribution in [1.29, 1.82) is 0 Å². The summed E-state index contributed by atoms with van der Waals surface area (Å²) in [5, 5.41) is 4.17. The molecule has 0 aliphatic heterocycles. The van der Waals surface area contributed by atoms with Crippen LogP contribution in [0.5, 0.6) is 0 Å². The summed E-state index contributed by atoms with van der Waals surface area (Å²) in [5.74, 6) is -0.196. The van der Waals surface area contributed by atoms with Gasteiger partial charge in [-0.3, -0.25) is 0 Å². The molecule has 0 radical (unpaired) electrons. The van der Waals surface area contributed by atoms with Crippen LogP contribution in [0.4, 0.5) is 4.39 Å². The molecule has 0 saturated heterocycles. The minimum Gasteiger partial charge on any atom is -0.310 e. The molecule has 1 aliphatic rings. The predicted octanol–water partition coefficient (Wildman–Crippen LogP) is 3.02. The Bertz CT molecular complexity index is 558. The summed E-state index contributed by atoms with van der Waals surface area (Å²) >= 11 is 1.35. The van der Waals surface area contributed by atoms with Gasteiger partial charge in [0.15, 0.2) is 0 Å². The van der Waals surface area contributed by atoms with E-state index in [1.54, 1.807) is 18.3 Å². The van der Waals surface area contributed by atoms with Gasteiger partial charge in [0.05, 0.1) is 4.90 Å². The second-order valence-electron chi connectivity index (χ2n) is 4.53. The lowest BCUT2D eigenvalue weighted by Crippen LogP contribution is -2.16. The quantitative estimate of drug-likeness (QED) is 0.851. The molecule has 5 heteroatoms. The van der Waals surface area contributed by atoms with Gasteiger partial charge in [-0.2, -0.15) is 0 Å². The van der Waals surface area contributed by atoms with Crippen LogP contribution in [0, 0.1) is 5.82 Å². The lowest BCUT2D eigenvalue weighted by molar-refractivity contribution is 0.589. The van der Waals surface area contributed by atoms with Gasteiger partial charge in [-0.1, -0.05) is 23.9 Å². The van der Waals surface area contributed by atoms with Crippen molar-refractivity contribution >= 4 is 11.8 Å². The van der Waals surface area contributed by atoms with Gasteiger partial charge < -0.3 is 5.32 Å². The van der Waals surface area contributed by atoms with E-state index in [0.29, 0.717) is 17.5 Å². The van der Waals surface area contributed by atoms with Gasteiger partial charge in [0.25, 0.3) is 0 Å². The lowest BCUT2D eigenvalue weighted by atomic mass is 10.2. The molecule has 98 valence electrons. The van der Waals surface area contributed by atoms with Gasteiger partial charge in [-0.25, -0.2) is 14.4 Å². The van der Waals surface area contributed by atoms with Crippen molar-refractivity contribution in [3.8, 4) is 0 Å². The molecule has 0 spiro atoms. The largest absolute Gasteiger partial charge is 0.310 e. The van der Waals surface area contributed by atoms with E-state index in [4.69, 9.17) is 0 Å². The Labute approximate surface area is 115 Å². The van der Waals surface area contributed by atoms with Crippen LogP contribution in [0.25, 0.3) is 0 Å². The summed E-state index contributed by atoms with van der Waals surface area (Å²) in [6, 6.07) is 7.60. The molecule has 0 bridgehead atoms. The second-order valence-corrected chi connectivity index (χ2v) is 5.56. The van der Waals surface area contributed by atoms with E-state index >= 15 is 0 Å². The van der Waals surface area contributed by atoms with Crippen molar-refractivity contribution in [3.05, 3.63) is 48.2 Å². The van der Waals surface area contributed by atoms with Crippen LogP contribution in [-0.2, 0) is 6.54 Å². The average molecular weight is 275 g/mol. The first-order valence-electron chi connectivity index (χ1n) is 6.27. The molecule has 0 atom stereocenters. The van der Waals surface area contributed by atoms with Crippen molar-refractivity contribution in [3.63, 3.8) is 0 Å². The molecule has 3 rings (SSSR count). The maximum Gasteiger partial charge on any atom is 0.137 e. The van der Waals surface area contributed by atoms with Crippen molar-refractivity contribution in [2.75, 3.05) is 0 Å². The van der Waals surface area contributed by atoms with E-state index in [1.807, 2.05) is 6.07 Å². The van der Waals surface area contributed by atoms with Crippen molar-refractivity contribution in [1.82, 2.24) is 15.3 Å². The fourth-order valence-electron chi connectivity index (χ4n) is 1.79. The Morgan fingerprint density at radius 1 is 1.32 bits per heavy atom. The molecule has 2 aromatic rings. The molecule has 0 unspecified atom stereocenters. The molecule has 19 heavy (non-hydrogen) atoms. The molecule has 1 N–H and O–H groups in total. The highest BCUT2D eigenvalue weighted by atomic mass is 32.2. The van der Waals surface area contributed by atoms with E-state index in [-0.39, 0.29) is 5.82 Å². The van der Waals surface area contributed by atoms with Crippen LogP contribution >= 0.6 is 11.8 Å². The van der Waals surface area contributed by atoms with Crippen molar-refractivity contribution in [2.45, 2.75) is 35.3 Å². The standard InChI is InChI=1S/C14H14FN3S/c15-12-3-1-2-10(8-17-11-4-5-11)14(12)19-13-6-7-16-9-18-13/h1-3,6-7,9,11,17H,4-5,8H2. The van der Waals surface area contributed by atoms with Gasteiger partial charge in [0.2, 0.25) is 0 Å². The zero-order valence-corrected chi connectivity index (χ0v) is 11.2. The van der Waals surface area contributed by atoms with Crippen molar-refractivity contribution in [2.24, 2.45) is 0 Å². The topological polar surface area (TPSA) is 37.8 Å². The maximum absolute atomic E-state index is 14.0. The minimum absolute atomic E-state index is 0.196. The number of nitrogens with one attached hydrogen (secondary N) is 1. The molecule has 0 amide bonds. The van der Waals surface area contributed by atoms with Crippen LogP contribution in [0.1, 0.15) is 18.4 Å². The summed E-state index contributed by atoms with van der Waals surface area (Å²) in [6.07, 6.45) is 5.59. The number of hydrogen-bond acceptors (Lipinski definition) is 4. The van der Waals surface area contributed by atoms with E-state index in [0.717, 1.165) is 10.6 Å². The van der Waals surface area contributed by atoms with Gasteiger partial charge in [0, 0.05) is 18.8 Å². The van der Waals surface area contributed by atoms with Gasteiger partial charge in [0.1, 0.15) is 17.2 Å². The number of rotatable bonds is 5. The summed E-state index contributed by atoms with van der Waals surface area (Å²) in [4.78, 5) is 8.65. The average Bonchev–Trinajstić information content (AvgIpc) is 3.25. The summed E-state index contributed by atoms with van der Waals surface area (Å²) in [5.41, 5.74) is 0.982. The maximum atomic E-state index is 14.0. The molecule has 1 aromatic heterocycles. The molecular weight excluding hydrogens is 261 g/mol. The molecule has 1 saturated carbocycles. The summed E-state index contributed by atoms with van der Waals surface area (Å²) in [6.45, 7) is 0.704. The Morgan fingerprint density at radius 3 is 2.95 bits per heavy atom. The summed E-state index contributed by atoms with van der Waals surface area (Å²) < 4.78 is 14.0. The van der Waals surface area contributed by atoms with Crippen LogP contribution < -0.4 is 5.32 Å². The van der Waals surface area contributed by atoms with E-state index in [9.17, 15) is 4.39 Å². The Balaban J connectivity index is 1.81. The Morgan fingerprint density at radius 2 is 2.21 bits per heavy atom. The Kier molecular flexibility index (Phi) is 3.75. The third-order valence-electron chi connectivity index (χ3n) is 2.97. The number of hydrogen-bond donors (Lipinski definition) is 1. The SMILES string of the molecule is Fc1cccc(CNC2CC2)c1Sc1ccncn1. The molecule has 1 aromatic carbocycles. The molecule has 3 nitrogen and oxygen atoms in total. The zero-order chi connectivity index (χ0) is 13.1. The monoisotopic (exact) mass is 275 g/mol. The first kappa shape index (κ1) is 12.6. The number of nitrogens with zero attached hydrogens (tertiary/aromatic N) is 2. The van der Waals surface area contributed by atoms with Gasteiger partial charge in [-0.15, -0.1) is 0 Å². The fourth-order valence-corrected chi connectivity index (χ4v) is 2.67. The number of aromatic nitrogens is 2. The predicted molar refractivity (Wildman–Crippen MR) is 72.4 cm³/mol. The third kappa shape index (κ3) is 3.30. The summed E-state index contributed by atoms with van der Waals surface area (Å²) in [7, 11) is 0. The number of halogens is 1. The number of benzene rings is 1. The van der Waals surface area contributed by atoms with Crippen LogP contribution in [-0.4, -0.2) is 16.0 Å². The van der Waals surface area contributed by atoms with Crippen LogP contribution in [0.15, 0.2) is 46.7 Å². The first-order chi connectivity index (χ1) is 9.33. The fraction of sp³-hybridized carbons (Fsp3) is 0.286. The van der Waals surface area contributed by atoms with E-state index in [1.165, 1.54) is 37.0 Å². The van der Waals surface area contributed by atoms with E-state index in [2.05, 4.69) is 15.3 Å². The van der Waals surface area contributed by atoms with Crippen molar-refractivity contribution < 1.29 is 4.39 Å². The normalized spacial score (nSPS) is 14.6. The highest BCUT2D eigenvalue weighted by Gasteiger charge is 2.21. The van der Waals surface area contributed by atoms with Gasteiger partial charge in [-0.05, 0) is 30.5 Å². The van der Waals surface area contributed by atoms with Crippen LogP contribution in [0.3, 0.4) is 0 Å². The molecule has 1 aliphatic carbocycles. The lowest BCUT2D eigenvalue weighted by Gasteiger charge is -2.10. The molecule has 1 fully saturated rings. The van der Waals surface area contributed by atoms with Gasteiger partial charge >= 0.3 is 0 Å². The smallest absolute Gasteiger partial charge is 0.137 e. The third-order valence-corrected chi connectivity index (χ3v) is 4.08. The highest BCUT2D eigenvalue weighted by molar-refractivity contribution is 7.99. The minimum atomic E-state index is -0.196. The van der Waals surface area contributed by atoms with E-state index < -0.39 is 0 Å².